The largest absolute Gasteiger partial charge is 0.497 e. The Balaban J connectivity index is 2.03. The minimum atomic E-state index is 0.0420. The van der Waals surface area contributed by atoms with E-state index in [1.54, 1.807) is 7.11 Å². The average Bonchev–Trinajstić information content (AvgIpc) is 3.06. The number of methoxy groups -OCH3 is 1. The maximum Gasteiger partial charge on any atom is 0.140 e. The minimum absolute atomic E-state index is 0.0420. The molecule has 1 aliphatic rings. The molecule has 0 heterocycles. The van der Waals surface area contributed by atoms with E-state index in [0.717, 1.165) is 49.2 Å². The molecule has 1 aliphatic carbocycles. The van der Waals surface area contributed by atoms with Crippen LogP contribution in [0.15, 0.2) is 18.2 Å². The quantitative estimate of drug-likeness (QED) is 0.463. The summed E-state index contributed by atoms with van der Waals surface area (Å²) in [5.74, 6) is 1.24. The van der Waals surface area contributed by atoms with Crippen LogP contribution < -0.4 is 4.74 Å². The molecule has 1 aromatic rings. The first-order valence-electron chi connectivity index (χ1n) is 10.0. The van der Waals surface area contributed by atoms with Crippen molar-refractivity contribution >= 4 is 5.78 Å². The smallest absolute Gasteiger partial charge is 0.140 e. The van der Waals surface area contributed by atoms with Gasteiger partial charge in [0, 0.05) is 18.9 Å². The van der Waals surface area contributed by atoms with Crippen molar-refractivity contribution < 1.29 is 14.3 Å². The highest BCUT2D eigenvalue weighted by atomic mass is 16.5. The van der Waals surface area contributed by atoms with Gasteiger partial charge in [-0.15, -0.1) is 0 Å². The van der Waals surface area contributed by atoms with E-state index in [9.17, 15) is 4.79 Å². The van der Waals surface area contributed by atoms with Gasteiger partial charge in [-0.05, 0) is 48.9 Å². The molecule has 0 amide bonds. The fraction of sp³-hybridized carbons (Fsp3) is 0.682. The third-order valence-corrected chi connectivity index (χ3v) is 5.20. The Morgan fingerprint density at radius 2 is 1.92 bits per heavy atom. The molecule has 0 aliphatic heterocycles. The SMILES string of the molecule is CCCCCCCOC(CC)c1cc(OC)cc(C2CCCC2=O)c1. The fourth-order valence-electron chi connectivity index (χ4n) is 3.70. The molecule has 0 N–H and O–H groups in total. The zero-order chi connectivity index (χ0) is 18.1. The van der Waals surface area contributed by atoms with Crippen LogP contribution >= 0.6 is 0 Å². The molecule has 0 saturated heterocycles. The van der Waals surface area contributed by atoms with E-state index in [0.29, 0.717) is 12.2 Å². The number of ether oxygens (including phenoxy) is 2. The Kier molecular flexibility index (Phi) is 8.47. The lowest BCUT2D eigenvalue weighted by Gasteiger charge is -2.20. The summed E-state index contributed by atoms with van der Waals surface area (Å²) in [4.78, 5) is 12.2. The fourth-order valence-corrected chi connectivity index (χ4v) is 3.70. The number of carbonyl (C=O) groups is 1. The van der Waals surface area contributed by atoms with Crippen molar-refractivity contribution in [2.75, 3.05) is 13.7 Å². The van der Waals surface area contributed by atoms with Gasteiger partial charge >= 0.3 is 0 Å². The van der Waals surface area contributed by atoms with Crippen molar-refractivity contribution in [1.29, 1.82) is 0 Å². The van der Waals surface area contributed by atoms with E-state index in [4.69, 9.17) is 9.47 Å². The van der Waals surface area contributed by atoms with Crippen LogP contribution in [0.5, 0.6) is 5.75 Å². The van der Waals surface area contributed by atoms with Crippen molar-refractivity contribution in [3.05, 3.63) is 29.3 Å². The third kappa shape index (κ3) is 5.85. The molecule has 1 saturated carbocycles. The van der Waals surface area contributed by atoms with E-state index in [-0.39, 0.29) is 12.0 Å². The molecule has 1 fully saturated rings. The van der Waals surface area contributed by atoms with E-state index in [2.05, 4.69) is 26.0 Å². The molecule has 0 aromatic heterocycles. The lowest BCUT2D eigenvalue weighted by Crippen LogP contribution is -2.09. The Hall–Kier alpha value is -1.35. The van der Waals surface area contributed by atoms with Crippen molar-refractivity contribution in [1.82, 2.24) is 0 Å². The van der Waals surface area contributed by atoms with Gasteiger partial charge < -0.3 is 9.47 Å². The highest BCUT2D eigenvalue weighted by molar-refractivity contribution is 5.87. The van der Waals surface area contributed by atoms with E-state index in [1.807, 2.05) is 6.07 Å². The lowest BCUT2D eigenvalue weighted by atomic mass is 9.93. The molecule has 0 bridgehead atoms. The van der Waals surface area contributed by atoms with E-state index in [1.165, 1.54) is 25.7 Å². The van der Waals surface area contributed by atoms with Gasteiger partial charge in [-0.25, -0.2) is 0 Å². The van der Waals surface area contributed by atoms with E-state index >= 15 is 0 Å². The monoisotopic (exact) mass is 346 g/mol. The van der Waals surface area contributed by atoms with Crippen LogP contribution in [-0.4, -0.2) is 19.5 Å². The lowest BCUT2D eigenvalue weighted by molar-refractivity contribution is -0.118. The number of benzene rings is 1. The molecule has 0 radical (unpaired) electrons. The van der Waals surface area contributed by atoms with Crippen LogP contribution in [-0.2, 0) is 9.53 Å². The second kappa shape index (κ2) is 10.6. The molecule has 3 nitrogen and oxygen atoms in total. The number of hydrogen-bond donors (Lipinski definition) is 0. The molecule has 3 heteroatoms. The number of ketones is 1. The molecule has 2 unspecified atom stereocenters. The van der Waals surface area contributed by atoms with Crippen molar-refractivity contribution in [2.24, 2.45) is 0 Å². The standard InChI is InChI=1S/C22H34O3/c1-4-6-7-8-9-13-25-22(5-2)18-14-17(15-19(16-18)24-3)20-11-10-12-21(20)23/h14-16,20,22H,4-13H2,1-3H3. The van der Waals surface area contributed by atoms with Gasteiger partial charge in [-0.1, -0.05) is 45.6 Å². The summed E-state index contributed by atoms with van der Waals surface area (Å²) >= 11 is 0. The minimum Gasteiger partial charge on any atom is -0.497 e. The normalized spacial score (nSPS) is 18.5. The van der Waals surface area contributed by atoms with Gasteiger partial charge in [-0.3, -0.25) is 4.79 Å². The summed E-state index contributed by atoms with van der Waals surface area (Å²) in [6.45, 7) is 5.19. The van der Waals surface area contributed by atoms with Crippen molar-refractivity contribution in [3.63, 3.8) is 0 Å². The average molecular weight is 347 g/mol. The number of hydrogen-bond acceptors (Lipinski definition) is 3. The maximum absolute atomic E-state index is 12.2. The molecule has 2 rings (SSSR count). The predicted octanol–water partition coefficient (Wildman–Crippen LogP) is 5.97. The van der Waals surface area contributed by atoms with Gasteiger partial charge in [-0.2, -0.15) is 0 Å². The number of Topliss-reactive ketones (excluding diaryl/α,β-unsaturated/α-hetero) is 1. The van der Waals surface area contributed by atoms with Gasteiger partial charge in [0.1, 0.15) is 11.5 Å². The molecular formula is C22H34O3. The van der Waals surface area contributed by atoms with Crippen molar-refractivity contribution in [2.45, 2.75) is 83.7 Å². The first-order chi connectivity index (χ1) is 12.2. The molecule has 25 heavy (non-hydrogen) atoms. The number of unbranched alkanes of at least 4 members (excludes halogenated alkanes) is 4. The van der Waals surface area contributed by atoms with E-state index < -0.39 is 0 Å². The topological polar surface area (TPSA) is 35.5 Å². The number of carbonyl (C=O) groups excluding carboxylic acids is 1. The Morgan fingerprint density at radius 3 is 2.56 bits per heavy atom. The van der Waals surface area contributed by atoms with Gasteiger partial charge in [0.2, 0.25) is 0 Å². The molecule has 0 spiro atoms. The molecule has 1 aromatic carbocycles. The Bertz CT molecular complexity index is 538. The summed E-state index contributed by atoms with van der Waals surface area (Å²) in [5, 5.41) is 0. The third-order valence-electron chi connectivity index (χ3n) is 5.20. The zero-order valence-corrected chi connectivity index (χ0v) is 16.2. The Morgan fingerprint density at radius 1 is 1.12 bits per heavy atom. The zero-order valence-electron chi connectivity index (χ0n) is 16.2. The van der Waals surface area contributed by atoms with Crippen LogP contribution in [0.3, 0.4) is 0 Å². The number of rotatable bonds is 11. The molecule has 2 atom stereocenters. The van der Waals surface area contributed by atoms with Crippen LogP contribution in [0.25, 0.3) is 0 Å². The van der Waals surface area contributed by atoms with Crippen LogP contribution in [0, 0.1) is 0 Å². The highest BCUT2D eigenvalue weighted by Crippen LogP contribution is 2.36. The maximum atomic E-state index is 12.2. The van der Waals surface area contributed by atoms with Crippen LogP contribution in [0.2, 0.25) is 0 Å². The Labute approximate surface area is 153 Å². The van der Waals surface area contributed by atoms with Crippen LogP contribution in [0.4, 0.5) is 0 Å². The van der Waals surface area contributed by atoms with Crippen molar-refractivity contribution in [3.8, 4) is 5.75 Å². The van der Waals surface area contributed by atoms with Gasteiger partial charge in [0.25, 0.3) is 0 Å². The first-order valence-corrected chi connectivity index (χ1v) is 10.0. The second-order valence-corrected chi connectivity index (χ2v) is 7.13. The second-order valence-electron chi connectivity index (χ2n) is 7.13. The molecular weight excluding hydrogens is 312 g/mol. The summed E-state index contributed by atoms with van der Waals surface area (Å²) < 4.78 is 11.6. The van der Waals surface area contributed by atoms with Crippen LogP contribution in [0.1, 0.15) is 94.8 Å². The first kappa shape index (κ1) is 20.0. The van der Waals surface area contributed by atoms with Gasteiger partial charge in [0.05, 0.1) is 13.2 Å². The molecule has 140 valence electrons. The highest BCUT2D eigenvalue weighted by Gasteiger charge is 2.27. The summed E-state index contributed by atoms with van der Waals surface area (Å²) in [6.07, 6.45) is 9.92. The van der Waals surface area contributed by atoms with Gasteiger partial charge in [0.15, 0.2) is 0 Å². The summed E-state index contributed by atoms with van der Waals surface area (Å²) in [6, 6.07) is 6.25. The summed E-state index contributed by atoms with van der Waals surface area (Å²) in [5.41, 5.74) is 2.24. The predicted molar refractivity (Wildman–Crippen MR) is 102 cm³/mol. The summed E-state index contributed by atoms with van der Waals surface area (Å²) in [7, 11) is 1.69.